The topological polar surface area (TPSA) is 41.3 Å². The monoisotopic (exact) mass is 207 g/mol. The van der Waals surface area contributed by atoms with Gasteiger partial charge in [-0.15, -0.1) is 0 Å². The van der Waals surface area contributed by atoms with E-state index in [1.54, 1.807) is 0 Å². The Morgan fingerprint density at radius 2 is 1.93 bits per heavy atom. The molecule has 0 radical (unpaired) electrons. The molecule has 0 aromatic carbocycles. The maximum Gasteiger partial charge on any atom is 0.230 e. The van der Waals surface area contributed by atoms with Crippen LogP contribution in [0.3, 0.4) is 0 Å². The molecule has 0 amide bonds. The van der Waals surface area contributed by atoms with Gasteiger partial charge in [-0.2, -0.15) is 0 Å². The fraction of sp³-hybridized carbons (Fsp3) is 0.727. The molecule has 1 saturated heterocycles. The van der Waals surface area contributed by atoms with Gasteiger partial charge in [0.2, 0.25) is 5.88 Å². The highest BCUT2D eigenvalue weighted by Crippen LogP contribution is 2.28. The van der Waals surface area contributed by atoms with E-state index in [2.05, 4.69) is 15.4 Å². The summed E-state index contributed by atoms with van der Waals surface area (Å²) < 4.78 is 5.51. The lowest BCUT2D eigenvalue weighted by Crippen LogP contribution is -2.19. The van der Waals surface area contributed by atoms with Gasteiger partial charge in [-0.1, -0.05) is 5.16 Å². The van der Waals surface area contributed by atoms with Crippen LogP contribution in [0.15, 0.2) is 4.52 Å². The van der Waals surface area contributed by atoms with Crippen LogP contribution in [0.4, 0.5) is 5.88 Å². The summed E-state index contributed by atoms with van der Waals surface area (Å²) in [6.07, 6.45) is 4.64. The fourth-order valence-electron chi connectivity index (χ4n) is 2.49. The van der Waals surface area contributed by atoms with E-state index >= 15 is 0 Å². The molecule has 3 rings (SSSR count). The summed E-state index contributed by atoms with van der Waals surface area (Å²) in [5, 5.41) is 7.60. The Balaban J connectivity index is 1.91. The molecule has 4 nitrogen and oxygen atoms in total. The van der Waals surface area contributed by atoms with Crippen LogP contribution in [0.2, 0.25) is 0 Å². The van der Waals surface area contributed by atoms with Crippen LogP contribution in [0, 0.1) is 0 Å². The Bertz CT molecular complexity index is 342. The van der Waals surface area contributed by atoms with E-state index < -0.39 is 0 Å². The van der Waals surface area contributed by atoms with Crippen LogP contribution < -0.4 is 10.2 Å². The Morgan fingerprint density at radius 1 is 1.13 bits per heavy atom. The molecular weight excluding hydrogens is 190 g/mol. The molecule has 0 aliphatic carbocycles. The smallest absolute Gasteiger partial charge is 0.230 e. The third-order valence-corrected chi connectivity index (χ3v) is 3.33. The van der Waals surface area contributed by atoms with Crippen LogP contribution in [0.25, 0.3) is 0 Å². The normalized spacial score (nSPS) is 21.5. The zero-order valence-electron chi connectivity index (χ0n) is 8.96. The number of hydrogen-bond acceptors (Lipinski definition) is 4. The molecule has 0 unspecified atom stereocenters. The third-order valence-electron chi connectivity index (χ3n) is 3.33. The first-order chi connectivity index (χ1) is 7.45. The summed E-state index contributed by atoms with van der Waals surface area (Å²) in [4.78, 5) is 2.34. The van der Waals surface area contributed by atoms with E-state index in [9.17, 15) is 0 Å². The minimum Gasteiger partial charge on any atom is -0.340 e. The van der Waals surface area contributed by atoms with E-state index in [-0.39, 0.29) is 0 Å². The van der Waals surface area contributed by atoms with Crippen LogP contribution >= 0.6 is 0 Å². The van der Waals surface area contributed by atoms with Crippen LogP contribution in [-0.2, 0) is 12.8 Å². The van der Waals surface area contributed by atoms with Gasteiger partial charge in [-0.3, -0.25) is 0 Å². The molecule has 2 aliphatic rings. The summed E-state index contributed by atoms with van der Waals surface area (Å²) in [7, 11) is 0. The molecule has 2 aliphatic heterocycles. The van der Waals surface area contributed by atoms with Gasteiger partial charge in [-0.25, -0.2) is 0 Å². The molecule has 4 heteroatoms. The van der Waals surface area contributed by atoms with Crippen molar-refractivity contribution in [1.29, 1.82) is 0 Å². The van der Waals surface area contributed by atoms with Crippen molar-refractivity contribution in [2.24, 2.45) is 0 Å². The number of hydrogen-bond donors (Lipinski definition) is 1. The first kappa shape index (κ1) is 9.21. The third kappa shape index (κ3) is 1.63. The van der Waals surface area contributed by atoms with Crippen molar-refractivity contribution in [1.82, 2.24) is 10.5 Å². The highest BCUT2D eigenvalue weighted by molar-refractivity contribution is 5.47. The Morgan fingerprint density at radius 3 is 2.80 bits per heavy atom. The lowest BCUT2D eigenvalue weighted by Gasteiger charge is -2.14. The minimum absolute atomic E-state index is 1.01. The van der Waals surface area contributed by atoms with Crippen LogP contribution in [0.1, 0.15) is 24.1 Å². The summed E-state index contributed by atoms with van der Waals surface area (Å²) in [6.45, 7) is 4.35. The molecule has 0 atom stereocenters. The molecule has 1 fully saturated rings. The summed E-state index contributed by atoms with van der Waals surface area (Å²) >= 11 is 0. The maximum absolute atomic E-state index is 5.51. The average molecular weight is 207 g/mol. The van der Waals surface area contributed by atoms with E-state index in [1.165, 1.54) is 24.1 Å². The Hall–Kier alpha value is -1.03. The Kier molecular flexibility index (Phi) is 2.37. The fourth-order valence-corrected chi connectivity index (χ4v) is 2.49. The second kappa shape index (κ2) is 3.85. The van der Waals surface area contributed by atoms with Gasteiger partial charge in [0.25, 0.3) is 0 Å². The predicted molar refractivity (Wildman–Crippen MR) is 58.2 cm³/mol. The maximum atomic E-state index is 5.51. The second-order valence-corrected chi connectivity index (χ2v) is 4.36. The van der Waals surface area contributed by atoms with Crippen molar-refractivity contribution < 1.29 is 4.52 Å². The highest BCUT2D eigenvalue weighted by atomic mass is 16.5. The summed E-state index contributed by atoms with van der Waals surface area (Å²) in [5.41, 5.74) is 2.52. The standard InChI is InChI=1S/C11H17N3O/c1-2-8-14(7-1)11-9-3-5-12-6-4-10(9)13-15-11/h12H,1-8H2. The zero-order chi connectivity index (χ0) is 10.1. The van der Waals surface area contributed by atoms with Crippen molar-refractivity contribution in [2.75, 3.05) is 31.1 Å². The first-order valence-electron chi connectivity index (χ1n) is 5.88. The molecule has 0 spiro atoms. The van der Waals surface area contributed by atoms with Crippen molar-refractivity contribution in [3.63, 3.8) is 0 Å². The van der Waals surface area contributed by atoms with Crippen molar-refractivity contribution in [3.8, 4) is 0 Å². The van der Waals surface area contributed by atoms with E-state index in [4.69, 9.17) is 4.52 Å². The number of rotatable bonds is 1. The van der Waals surface area contributed by atoms with Gasteiger partial charge < -0.3 is 14.7 Å². The van der Waals surface area contributed by atoms with Gasteiger partial charge in [0, 0.05) is 31.6 Å². The molecule has 1 aromatic heterocycles. The van der Waals surface area contributed by atoms with Gasteiger partial charge in [0.15, 0.2) is 0 Å². The van der Waals surface area contributed by atoms with Crippen LogP contribution in [-0.4, -0.2) is 31.3 Å². The minimum atomic E-state index is 1.01. The number of aromatic nitrogens is 1. The summed E-state index contributed by atoms with van der Waals surface area (Å²) in [5.74, 6) is 1.05. The lowest BCUT2D eigenvalue weighted by atomic mass is 10.1. The lowest BCUT2D eigenvalue weighted by molar-refractivity contribution is 0.410. The van der Waals surface area contributed by atoms with Crippen LogP contribution in [0.5, 0.6) is 0 Å². The molecule has 0 saturated carbocycles. The van der Waals surface area contributed by atoms with Gasteiger partial charge in [0.1, 0.15) is 0 Å². The van der Waals surface area contributed by atoms with E-state index in [0.29, 0.717) is 0 Å². The molecule has 0 bridgehead atoms. The zero-order valence-corrected chi connectivity index (χ0v) is 8.96. The SMILES string of the molecule is C1CCN(c2onc3c2CCNCC3)C1. The second-order valence-electron chi connectivity index (χ2n) is 4.36. The van der Waals surface area contributed by atoms with Crippen molar-refractivity contribution >= 4 is 5.88 Å². The van der Waals surface area contributed by atoms with E-state index in [0.717, 1.165) is 44.9 Å². The molecule has 15 heavy (non-hydrogen) atoms. The van der Waals surface area contributed by atoms with Crippen molar-refractivity contribution in [2.45, 2.75) is 25.7 Å². The van der Waals surface area contributed by atoms with Gasteiger partial charge >= 0.3 is 0 Å². The quantitative estimate of drug-likeness (QED) is 0.745. The molecule has 3 heterocycles. The molecule has 82 valence electrons. The van der Waals surface area contributed by atoms with Gasteiger partial charge in [0.05, 0.1) is 5.69 Å². The number of fused-ring (bicyclic) bond motifs is 1. The molecule has 1 N–H and O–H groups in total. The number of anilines is 1. The first-order valence-corrected chi connectivity index (χ1v) is 5.88. The Labute approximate surface area is 89.6 Å². The predicted octanol–water partition coefficient (Wildman–Crippen LogP) is 0.963. The largest absolute Gasteiger partial charge is 0.340 e. The van der Waals surface area contributed by atoms with Gasteiger partial charge in [-0.05, 0) is 25.8 Å². The average Bonchev–Trinajstić information content (AvgIpc) is 2.83. The van der Waals surface area contributed by atoms with E-state index in [1.807, 2.05) is 0 Å². The highest BCUT2D eigenvalue weighted by Gasteiger charge is 2.24. The van der Waals surface area contributed by atoms with Crippen molar-refractivity contribution in [3.05, 3.63) is 11.3 Å². The molecular formula is C11H17N3O. The molecule has 1 aromatic rings. The summed E-state index contributed by atoms with van der Waals surface area (Å²) in [6, 6.07) is 0. The number of nitrogens with zero attached hydrogens (tertiary/aromatic N) is 2. The number of nitrogens with one attached hydrogen (secondary N) is 1.